The van der Waals surface area contributed by atoms with Gasteiger partial charge in [0.2, 0.25) is 5.91 Å². The molecule has 2 N–H and O–H groups in total. The SMILES string of the molecule is CCOC(=O)c1c(NC(=O)[C@H](C)Sc2nnc(CNC(=O)c3cccs3)n2-c2ccc(F)cc2)sc2c1CCCC2. The van der Waals surface area contributed by atoms with E-state index in [0.717, 1.165) is 36.1 Å². The number of anilines is 1. The standard InChI is InChI=1S/C28H28FN5O4S3/c1-3-38-27(37)23-19-7-4-5-8-20(19)41-26(23)31-24(35)16(2)40-28-33-32-22(15-30-25(36)21-9-6-14-39-21)34(28)18-12-10-17(29)11-13-18/h6,9-14,16H,3-5,7-8,15H2,1-2H3,(H,30,36)(H,31,35)/t16-/m0/s1. The average molecular weight is 614 g/mol. The number of fused-ring (bicyclic) bond motifs is 1. The van der Waals surface area contributed by atoms with Gasteiger partial charge in [0.05, 0.1) is 28.8 Å². The monoisotopic (exact) mass is 613 g/mol. The van der Waals surface area contributed by atoms with Crippen LogP contribution in [0.3, 0.4) is 0 Å². The Hall–Kier alpha value is -3.55. The molecule has 0 saturated heterocycles. The Morgan fingerprint density at radius 3 is 2.66 bits per heavy atom. The highest BCUT2D eigenvalue weighted by molar-refractivity contribution is 8.00. The molecular weight excluding hydrogens is 586 g/mol. The number of carbonyl (C=O) groups is 3. The maximum absolute atomic E-state index is 13.7. The van der Waals surface area contributed by atoms with Crippen molar-refractivity contribution >= 4 is 57.2 Å². The smallest absolute Gasteiger partial charge is 0.341 e. The number of benzene rings is 1. The third-order valence-corrected chi connectivity index (χ3v) is 9.59. The van der Waals surface area contributed by atoms with E-state index in [1.165, 1.54) is 46.6 Å². The average Bonchev–Trinajstić information content (AvgIpc) is 3.71. The first kappa shape index (κ1) is 29.0. The lowest BCUT2D eigenvalue weighted by molar-refractivity contribution is -0.115. The first-order valence-electron chi connectivity index (χ1n) is 13.2. The largest absolute Gasteiger partial charge is 0.462 e. The molecule has 41 heavy (non-hydrogen) atoms. The van der Waals surface area contributed by atoms with Crippen molar-refractivity contribution in [3.63, 3.8) is 0 Å². The van der Waals surface area contributed by atoms with E-state index >= 15 is 0 Å². The summed E-state index contributed by atoms with van der Waals surface area (Å²) in [4.78, 5) is 40.4. The molecule has 0 aliphatic heterocycles. The summed E-state index contributed by atoms with van der Waals surface area (Å²) >= 11 is 3.93. The Labute approximate surface area is 248 Å². The summed E-state index contributed by atoms with van der Waals surface area (Å²) in [6, 6.07) is 9.33. The third-order valence-electron chi connectivity index (χ3n) is 6.48. The number of aryl methyl sites for hydroxylation is 1. The van der Waals surface area contributed by atoms with Crippen molar-refractivity contribution in [3.8, 4) is 5.69 Å². The second kappa shape index (κ2) is 13.0. The number of thioether (sulfide) groups is 1. The Balaban J connectivity index is 1.36. The summed E-state index contributed by atoms with van der Waals surface area (Å²) in [5.41, 5.74) is 2.01. The molecule has 214 valence electrons. The first-order valence-corrected chi connectivity index (χ1v) is 15.7. The predicted molar refractivity (Wildman–Crippen MR) is 158 cm³/mol. The minimum atomic E-state index is -0.624. The van der Waals surface area contributed by atoms with E-state index in [0.29, 0.717) is 32.1 Å². The fraction of sp³-hybridized carbons (Fsp3) is 0.321. The van der Waals surface area contributed by atoms with Crippen LogP contribution in [-0.2, 0) is 28.9 Å². The van der Waals surface area contributed by atoms with Crippen molar-refractivity contribution in [1.29, 1.82) is 0 Å². The minimum Gasteiger partial charge on any atom is -0.462 e. The van der Waals surface area contributed by atoms with Crippen LogP contribution in [0, 0.1) is 5.82 Å². The molecule has 0 bridgehead atoms. The van der Waals surface area contributed by atoms with Crippen LogP contribution in [-0.4, -0.2) is 44.4 Å². The topological polar surface area (TPSA) is 115 Å². The predicted octanol–water partition coefficient (Wildman–Crippen LogP) is 5.63. The summed E-state index contributed by atoms with van der Waals surface area (Å²) in [5, 5.41) is 16.4. The second-order valence-electron chi connectivity index (χ2n) is 9.26. The van der Waals surface area contributed by atoms with Crippen LogP contribution in [0.25, 0.3) is 5.69 Å². The number of hydrogen-bond donors (Lipinski definition) is 2. The van der Waals surface area contributed by atoms with Crippen molar-refractivity contribution in [3.05, 3.63) is 74.3 Å². The molecule has 5 rings (SSSR count). The summed E-state index contributed by atoms with van der Waals surface area (Å²) in [5.74, 6) is -0.945. The third kappa shape index (κ3) is 6.52. The zero-order valence-corrected chi connectivity index (χ0v) is 24.9. The van der Waals surface area contributed by atoms with Gasteiger partial charge in [-0.1, -0.05) is 17.8 Å². The molecule has 0 saturated carbocycles. The second-order valence-corrected chi connectivity index (χ2v) is 12.6. The number of amides is 2. The zero-order chi connectivity index (χ0) is 28.9. The molecule has 1 aliphatic carbocycles. The van der Waals surface area contributed by atoms with Gasteiger partial charge in [0.25, 0.3) is 5.91 Å². The Morgan fingerprint density at radius 1 is 1.15 bits per heavy atom. The number of thiophene rings is 2. The summed E-state index contributed by atoms with van der Waals surface area (Å²) in [6.45, 7) is 3.82. The van der Waals surface area contributed by atoms with E-state index < -0.39 is 17.0 Å². The number of aromatic nitrogens is 3. The van der Waals surface area contributed by atoms with Crippen molar-refractivity contribution in [2.75, 3.05) is 11.9 Å². The van der Waals surface area contributed by atoms with Gasteiger partial charge in [0, 0.05) is 10.6 Å². The lowest BCUT2D eigenvalue weighted by atomic mass is 9.95. The van der Waals surface area contributed by atoms with E-state index in [2.05, 4.69) is 20.8 Å². The highest BCUT2D eigenvalue weighted by atomic mass is 32.2. The van der Waals surface area contributed by atoms with E-state index in [1.807, 2.05) is 5.38 Å². The van der Waals surface area contributed by atoms with Crippen LogP contribution in [0.2, 0.25) is 0 Å². The van der Waals surface area contributed by atoms with Gasteiger partial charge in [-0.05, 0) is 80.8 Å². The normalized spacial score (nSPS) is 13.3. The number of nitrogens with zero attached hydrogens (tertiary/aromatic N) is 3. The fourth-order valence-electron chi connectivity index (χ4n) is 4.49. The molecular formula is C28H28FN5O4S3. The molecule has 1 atom stereocenters. The number of carbonyl (C=O) groups excluding carboxylic acids is 3. The van der Waals surface area contributed by atoms with Gasteiger partial charge < -0.3 is 15.4 Å². The quantitative estimate of drug-likeness (QED) is 0.176. The first-order chi connectivity index (χ1) is 19.9. The number of esters is 1. The maximum atomic E-state index is 13.7. The Kier molecular flexibility index (Phi) is 9.15. The Bertz CT molecular complexity index is 1550. The summed E-state index contributed by atoms with van der Waals surface area (Å²) in [7, 11) is 0. The molecule has 0 spiro atoms. The van der Waals surface area contributed by atoms with E-state index in [1.54, 1.807) is 42.7 Å². The summed E-state index contributed by atoms with van der Waals surface area (Å²) < 4.78 is 20.7. The molecule has 3 aromatic heterocycles. The lowest BCUT2D eigenvalue weighted by Gasteiger charge is -2.15. The van der Waals surface area contributed by atoms with Crippen LogP contribution in [0.1, 0.15) is 63.0 Å². The van der Waals surface area contributed by atoms with Crippen LogP contribution >= 0.6 is 34.4 Å². The molecule has 4 aromatic rings. The zero-order valence-electron chi connectivity index (χ0n) is 22.4. The number of rotatable bonds is 10. The van der Waals surface area contributed by atoms with Gasteiger partial charge in [0.1, 0.15) is 10.8 Å². The molecule has 1 aliphatic rings. The minimum absolute atomic E-state index is 0.0753. The van der Waals surface area contributed by atoms with Gasteiger partial charge in [-0.25, -0.2) is 9.18 Å². The number of ether oxygens (including phenoxy) is 1. The molecule has 0 radical (unpaired) electrons. The number of hydrogen-bond acceptors (Lipinski definition) is 9. The van der Waals surface area contributed by atoms with Gasteiger partial charge in [-0.3, -0.25) is 14.2 Å². The van der Waals surface area contributed by atoms with E-state index in [-0.39, 0.29) is 25.0 Å². The number of halogens is 1. The van der Waals surface area contributed by atoms with Gasteiger partial charge >= 0.3 is 5.97 Å². The fourth-order valence-corrected chi connectivity index (χ4v) is 7.30. The highest BCUT2D eigenvalue weighted by Gasteiger charge is 2.29. The molecule has 0 fully saturated rings. The van der Waals surface area contributed by atoms with Crippen molar-refractivity contribution in [2.45, 2.75) is 56.5 Å². The molecule has 1 aromatic carbocycles. The molecule has 3 heterocycles. The van der Waals surface area contributed by atoms with Crippen molar-refractivity contribution < 1.29 is 23.5 Å². The highest BCUT2D eigenvalue weighted by Crippen LogP contribution is 2.39. The molecule has 2 amide bonds. The lowest BCUT2D eigenvalue weighted by Crippen LogP contribution is -2.25. The van der Waals surface area contributed by atoms with Crippen LogP contribution in [0.4, 0.5) is 9.39 Å². The molecule has 0 unspecified atom stereocenters. The van der Waals surface area contributed by atoms with Crippen LogP contribution < -0.4 is 10.6 Å². The molecule has 9 nitrogen and oxygen atoms in total. The Morgan fingerprint density at radius 2 is 1.93 bits per heavy atom. The van der Waals surface area contributed by atoms with Crippen LogP contribution in [0.5, 0.6) is 0 Å². The number of nitrogens with one attached hydrogen (secondary N) is 2. The van der Waals surface area contributed by atoms with Gasteiger partial charge in [-0.15, -0.1) is 32.9 Å². The van der Waals surface area contributed by atoms with Crippen molar-refractivity contribution in [2.24, 2.45) is 0 Å². The molecule has 13 heteroatoms. The van der Waals surface area contributed by atoms with Gasteiger partial charge in [-0.2, -0.15) is 0 Å². The maximum Gasteiger partial charge on any atom is 0.341 e. The summed E-state index contributed by atoms with van der Waals surface area (Å²) in [6.07, 6.45) is 3.70. The van der Waals surface area contributed by atoms with Crippen LogP contribution in [0.15, 0.2) is 46.9 Å². The van der Waals surface area contributed by atoms with Crippen molar-refractivity contribution in [1.82, 2.24) is 20.1 Å². The van der Waals surface area contributed by atoms with E-state index in [4.69, 9.17) is 4.74 Å². The van der Waals surface area contributed by atoms with E-state index in [9.17, 15) is 18.8 Å². The van der Waals surface area contributed by atoms with Gasteiger partial charge in [0.15, 0.2) is 11.0 Å².